The van der Waals surface area contributed by atoms with Gasteiger partial charge < -0.3 is 19.7 Å². The molecule has 6 heteroatoms. The molecule has 0 aromatic heterocycles. The molecule has 5 rings (SSSR count). The molecule has 6 nitrogen and oxygen atoms in total. The fraction of sp³-hybridized carbons (Fsp3) is 0.304. The van der Waals surface area contributed by atoms with Gasteiger partial charge in [0.2, 0.25) is 18.6 Å². The van der Waals surface area contributed by atoms with Crippen LogP contribution in [0.3, 0.4) is 0 Å². The van der Waals surface area contributed by atoms with Crippen LogP contribution in [0.5, 0.6) is 11.5 Å². The predicted octanol–water partition coefficient (Wildman–Crippen LogP) is 3.36. The van der Waals surface area contributed by atoms with E-state index in [0.717, 1.165) is 48.4 Å². The lowest BCUT2D eigenvalue weighted by Gasteiger charge is -2.29. The zero-order valence-corrected chi connectivity index (χ0v) is 16.0. The van der Waals surface area contributed by atoms with E-state index in [9.17, 15) is 9.59 Å². The van der Waals surface area contributed by atoms with Crippen molar-refractivity contribution in [1.29, 1.82) is 0 Å². The molecule has 1 saturated carbocycles. The van der Waals surface area contributed by atoms with E-state index in [1.54, 1.807) is 6.08 Å². The standard InChI is InChI=1S/C23H22N2O4/c26-22(8-2-15-1-7-20-21(11-15)29-14-28-20)24-19-6-5-16-9-10-25(13-18(16)12-19)23(27)17-3-4-17/h1-2,5-8,11-12,17H,3-4,9-10,13-14H2,(H,24,26)/b8-2+. The van der Waals surface area contributed by atoms with Crippen molar-refractivity contribution in [3.05, 3.63) is 59.2 Å². The Bertz CT molecular complexity index is 1010. The van der Waals surface area contributed by atoms with Crippen molar-refractivity contribution in [2.24, 2.45) is 5.92 Å². The van der Waals surface area contributed by atoms with E-state index in [1.807, 2.05) is 41.3 Å². The summed E-state index contributed by atoms with van der Waals surface area (Å²) in [4.78, 5) is 26.6. The highest BCUT2D eigenvalue weighted by Gasteiger charge is 2.34. The molecule has 148 valence electrons. The molecule has 2 heterocycles. The summed E-state index contributed by atoms with van der Waals surface area (Å²) in [6, 6.07) is 11.5. The number of rotatable bonds is 4. The Morgan fingerprint density at radius 3 is 2.76 bits per heavy atom. The van der Waals surface area contributed by atoms with Crippen molar-refractivity contribution >= 4 is 23.6 Å². The van der Waals surface area contributed by atoms with E-state index in [4.69, 9.17) is 9.47 Å². The average Bonchev–Trinajstić information content (AvgIpc) is 3.48. The number of amides is 2. The van der Waals surface area contributed by atoms with E-state index >= 15 is 0 Å². The van der Waals surface area contributed by atoms with Gasteiger partial charge in [-0.2, -0.15) is 0 Å². The second-order valence-electron chi connectivity index (χ2n) is 7.70. The molecule has 0 saturated heterocycles. The van der Waals surface area contributed by atoms with Crippen LogP contribution in [0.1, 0.15) is 29.5 Å². The van der Waals surface area contributed by atoms with Gasteiger partial charge in [0.25, 0.3) is 0 Å². The maximum atomic E-state index is 12.4. The minimum Gasteiger partial charge on any atom is -0.454 e. The van der Waals surface area contributed by atoms with Crippen molar-refractivity contribution in [3.8, 4) is 11.5 Å². The zero-order chi connectivity index (χ0) is 19.8. The van der Waals surface area contributed by atoms with E-state index in [2.05, 4.69) is 5.32 Å². The molecule has 1 N–H and O–H groups in total. The van der Waals surface area contributed by atoms with Crippen LogP contribution in [0.4, 0.5) is 5.69 Å². The number of ether oxygens (including phenoxy) is 2. The van der Waals surface area contributed by atoms with Crippen LogP contribution in [0.15, 0.2) is 42.5 Å². The second-order valence-corrected chi connectivity index (χ2v) is 7.70. The quantitative estimate of drug-likeness (QED) is 0.813. The first kappa shape index (κ1) is 17.8. The third-order valence-electron chi connectivity index (χ3n) is 5.55. The van der Waals surface area contributed by atoms with E-state index in [-0.39, 0.29) is 24.5 Å². The number of nitrogens with zero attached hydrogens (tertiary/aromatic N) is 1. The number of carbonyl (C=O) groups excluding carboxylic acids is 2. The highest BCUT2D eigenvalue weighted by Crippen LogP contribution is 2.34. The Kier molecular flexibility index (Phi) is 4.46. The minimum absolute atomic E-state index is 0.204. The van der Waals surface area contributed by atoms with Gasteiger partial charge in [0.05, 0.1) is 0 Å². The van der Waals surface area contributed by atoms with Crippen LogP contribution >= 0.6 is 0 Å². The number of carbonyl (C=O) groups is 2. The van der Waals surface area contributed by atoms with Crippen molar-refractivity contribution in [2.45, 2.75) is 25.8 Å². The van der Waals surface area contributed by atoms with Gasteiger partial charge in [0.15, 0.2) is 11.5 Å². The smallest absolute Gasteiger partial charge is 0.248 e. The van der Waals surface area contributed by atoms with Gasteiger partial charge in [-0.05, 0) is 66.3 Å². The first-order valence-electron chi connectivity index (χ1n) is 9.95. The molecular weight excluding hydrogens is 368 g/mol. The zero-order valence-electron chi connectivity index (χ0n) is 16.0. The predicted molar refractivity (Wildman–Crippen MR) is 109 cm³/mol. The highest BCUT2D eigenvalue weighted by molar-refractivity contribution is 6.02. The van der Waals surface area contributed by atoms with Crippen LogP contribution < -0.4 is 14.8 Å². The van der Waals surface area contributed by atoms with Crippen molar-refractivity contribution in [3.63, 3.8) is 0 Å². The summed E-state index contributed by atoms with van der Waals surface area (Å²) in [5.74, 6) is 1.71. The molecule has 1 fully saturated rings. The van der Waals surface area contributed by atoms with Crippen molar-refractivity contribution < 1.29 is 19.1 Å². The molecule has 0 bridgehead atoms. The number of fused-ring (bicyclic) bond motifs is 2. The third kappa shape index (κ3) is 3.83. The molecule has 2 amide bonds. The van der Waals surface area contributed by atoms with Gasteiger partial charge in [0, 0.05) is 30.8 Å². The fourth-order valence-electron chi connectivity index (χ4n) is 3.78. The lowest BCUT2D eigenvalue weighted by Crippen LogP contribution is -2.36. The van der Waals surface area contributed by atoms with E-state index in [0.29, 0.717) is 12.3 Å². The van der Waals surface area contributed by atoms with Gasteiger partial charge in [-0.15, -0.1) is 0 Å². The van der Waals surface area contributed by atoms with Crippen LogP contribution in [0, 0.1) is 5.92 Å². The molecule has 1 aliphatic carbocycles. The molecule has 3 aliphatic rings. The van der Waals surface area contributed by atoms with Crippen molar-refractivity contribution in [1.82, 2.24) is 4.90 Å². The van der Waals surface area contributed by atoms with Crippen LogP contribution in [0.2, 0.25) is 0 Å². The lowest BCUT2D eigenvalue weighted by atomic mass is 9.98. The normalized spacial score (nSPS) is 17.3. The molecule has 29 heavy (non-hydrogen) atoms. The van der Waals surface area contributed by atoms with Crippen LogP contribution in [-0.2, 0) is 22.6 Å². The van der Waals surface area contributed by atoms with Crippen molar-refractivity contribution in [2.75, 3.05) is 18.7 Å². The number of hydrogen-bond donors (Lipinski definition) is 1. The van der Waals surface area contributed by atoms with E-state index in [1.165, 1.54) is 11.6 Å². The minimum atomic E-state index is -0.204. The molecule has 0 spiro atoms. The Labute approximate surface area is 169 Å². The second kappa shape index (κ2) is 7.28. The first-order valence-corrected chi connectivity index (χ1v) is 9.95. The number of nitrogens with one attached hydrogen (secondary N) is 1. The van der Waals surface area contributed by atoms with Gasteiger partial charge in [0.1, 0.15) is 0 Å². The largest absolute Gasteiger partial charge is 0.454 e. The molecular formula is C23H22N2O4. The van der Waals surface area contributed by atoms with E-state index < -0.39 is 0 Å². The molecule has 0 radical (unpaired) electrons. The molecule has 2 aromatic rings. The maximum Gasteiger partial charge on any atom is 0.248 e. The van der Waals surface area contributed by atoms with Crippen LogP contribution in [0.25, 0.3) is 6.08 Å². The Morgan fingerprint density at radius 1 is 1.03 bits per heavy atom. The first-order chi connectivity index (χ1) is 14.2. The topological polar surface area (TPSA) is 67.9 Å². The fourth-order valence-corrected chi connectivity index (χ4v) is 3.78. The van der Waals surface area contributed by atoms with Gasteiger partial charge in [-0.3, -0.25) is 9.59 Å². The third-order valence-corrected chi connectivity index (χ3v) is 5.55. The summed E-state index contributed by atoms with van der Waals surface area (Å²) >= 11 is 0. The summed E-state index contributed by atoms with van der Waals surface area (Å²) in [6.07, 6.45) is 6.15. The summed E-state index contributed by atoms with van der Waals surface area (Å²) in [5, 5.41) is 2.91. The summed E-state index contributed by atoms with van der Waals surface area (Å²) in [7, 11) is 0. The van der Waals surface area contributed by atoms with Crippen LogP contribution in [-0.4, -0.2) is 30.1 Å². The molecule has 2 aromatic carbocycles. The lowest BCUT2D eigenvalue weighted by molar-refractivity contribution is -0.133. The highest BCUT2D eigenvalue weighted by atomic mass is 16.7. The average molecular weight is 390 g/mol. The monoisotopic (exact) mass is 390 g/mol. The summed E-state index contributed by atoms with van der Waals surface area (Å²) < 4.78 is 10.6. The molecule has 2 aliphatic heterocycles. The Morgan fingerprint density at radius 2 is 1.90 bits per heavy atom. The molecule has 0 unspecified atom stereocenters. The van der Waals surface area contributed by atoms with Gasteiger partial charge in [-0.1, -0.05) is 12.1 Å². The van der Waals surface area contributed by atoms with Gasteiger partial charge in [-0.25, -0.2) is 0 Å². The Balaban J connectivity index is 1.24. The SMILES string of the molecule is O=C(/C=C/c1ccc2c(c1)OCO2)Nc1ccc2c(c1)CN(C(=O)C1CC1)CC2. The molecule has 0 atom stereocenters. The summed E-state index contributed by atoms with van der Waals surface area (Å²) in [6.45, 7) is 1.64. The summed E-state index contributed by atoms with van der Waals surface area (Å²) in [5.41, 5.74) is 3.97. The number of hydrogen-bond acceptors (Lipinski definition) is 4. The number of anilines is 1. The van der Waals surface area contributed by atoms with Gasteiger partial charge >= 0.3 is 0 Å². The maximum absolute atomic E-state index is 12.4. The number of benzene rings is 2. The Hall–Kier alpha value is -3.28.